The van der Waals surface area contributed by atoms with Crippen molar-refractivity contribution in [2.45, 2.75) is 45.3 Å². The van der Waals surface area contributed by atoms with E-state index in [1.54, 1.807) is 10.4 Å². The average Bonchev–Trinajstić information content (AvgIpc) is 3.42. The van der Waals surface area contributed by atoms with Gasteiger partial charge in [-0.05, 0) is 62.4 Å². The molecule has 2 aliphatic rings. The van der Waals surface area contributed by atoms with E-state index >= 15 is 0 Å². The number of hydrogen-bond donors (Lipinski definition) is 3. The van der Waals surface area contributed by atoms with Crippen molar-refractivity contribution in [2.24, 2.45) is 11.3 Å². The number of rotatable bonds is 8. The van der Waals surface area contributed by atoms with E-state index in [1.165, 1.54) is 0 Å². The first-order valence-electron chi connectivity index (χ1n) is 12.4. The van der Waals surface area contributed by atoms with Crippen LogP contribution in [0.5, 0.6) is 5.75 Å². The summed E-state index contributed by atoms with van der Waals surface area (Å²) in [4.78, 5) is 32.0. The molecule has 8 heteroatoms. The number of nitrogens with zero attached hydrogens (tertiary/aromatic N) is 2. The van der Waals surface area contributed by atoms with Crippen LogP contribution in [0.2, 0.25) is 0 Å². The quantitative estimate of drug-likeness (QED) is 0.331. The van der Waals surface area contributed by atoms with Crippen molar-refractivity contribution in [1.29, 1.82) is 0 Å². The molecule has 2 heterocycles. The molecule has 2 aromatic carbocycles. The molecular weight excluding hydrogens is 458 g/mol. The normalized spacial score (nSPS) is 23.0. The van der Waals surface area contributed by atoms with Crippen LogP contribution >= 0.6 is 0 Å². The van der Waals surface area contributed by atoms with Gasteiger partial charge in [-0.25, -0.2) is 5.48 Å². The molecule has 0 radical (unpaired) electrons. The number of hydrogen-bond acceptors (Lipinski definition) is 6. The minimum atomic E-state index is -0.902. The van der Waals surface area contributed by atoms with Crippen LogP contribution in [0.15, 0.2) is 54.6 Å². The van der Waals surface area contributed by atoms with E-state index in [0.29, 0.717) is 31.7 Å². The molecule has 1 saturated carbocycles. The van der Waals surface area contributed by atoms with Crippen molar-refractivity contribution in [2.75, 3.05) is 13.2 Å². The second-order valence-corrected chi connectivity index (χ2v) is 9.92. The van der Waals surface area contributed by atoms with E-state index in [9.17, 15) is 19.9 Å². The number of carbonyl (C=O) groups excluding carboxylic acids is 2. The van der Waals surface area contributed by atoms with Gasteiger partial charge in [0.05, 0.1) is 29.5 Å². The van der Waals surface area contributed by atoms with E-state index in [-0.39, 0.29) is 18.6 Å². The Morgan fingerprint density at radius 1 is 1.19 bits per heavy atom. The second kappa shape index (κ2) is 9.87. The molecule has 3 aromatic rings. The SMILES string of the molecule is Cc1cc(COc2ccc(CC3(C(=O)N4CCCC4CO)CC3C(=O)NO)cc2)c2ccccc2n1. The number of amides is 2. The lowest BCUT2D eigenvalue weighted by atomic mass is 9.91. The van der Waals surface area contributed by atoms with E-state index in [4.69, 9.17) is 4.74 Å². The lowest BCUT2D eigenvalue weighted by Crippen LogP contribution is -2.44. The van der Waals surface area contributed by atoms with Gasteiger partial charge in [-0.1, -0.05) is 30.3 Å². The van der Waals surface area contributed by atoms with Gasteiger partial charge in [-0.15, -0.1) is 0 Å². The Kier molecular flexibility index (Phi) is 6.64. The zero-order chi connectivity index (χ0) is 25.3. The number of nitrogens with one attached hydrogen (secondary N) is 1. The van der Waals surface area contributed by atoms with Crippen LogP contribution in [0, 0.1) is 18.3 Å². The molecule has 1 aromatic heterocycles. The Hall–Kier alpha value is -3.49. The van der Waals surface area contributed by atoms with Gasteiger partial charge in [-0.2, -0.15) is 0 Å². The van der Waals surface area contributed by atoms with Gasteiger partial charge >= 0.3 is 0 Å². The number of carbonyl (C=O) groups is 2. The molecular formula is C28H31N3O5. The maximum absolute atomic E-state index is 13.5. The Morgan fingerprint density at radius 2 is 1.97 bits per heavy atom. The van der Waals surface area contributed by atoms with Gasteiger partial charge in [-0.3, -0.25) is 19.8 Å². The summed E-state index contributed by atoms with van der Waals surface area (Å²) in [5.74, 6) is -0.539. The number of para-hydroxylation sites is 1. The minimum absolute atomic E-state index is 0.0863. The molecule has 8 nitrogen and oxygen atoms in total. The highest BCUT2D eigenvalue weighted by atomic mass is 16.5. The number of aliphatic hydroxyl groups excluding tert-OH is 1. The summed E-state index contributed by atoms with van der Waals surface area (Å²) in [6.45, 7) is 2.86. The summed E-state index contributed by atoms with van der Waals surface area (Å²) >= 11 is 0. The molecule has 0 bridgehead atoms. The highest BCUT2D eigenvalue weighted by Gasteiger charge is 2.64. The fourth-order valence-electron chi connectivity index (χ4n) is 5.56. The fourth-order valence-corrected chi connectivity index (χ4v) is 5.56. The van der Waals surface area contributed by atoms with Crippen LogP contribution in [0.4, 0.5) is 0 Å². The number of fused-ring (bicyclic) bond motifs is 1. The first-order chi connectivity index (χ1) is 17.4. The molecule has 5 rings (SSSR count). The number of likely N-dealkylation sites (tertiary alicyclic amines) is 1. The zero-order valence-electron chi connectivity index (χ0n) is 20.3. The number of aromatic nitrogens is 1. The predicted octanol–water partition coefficient (Wildman–Crippen LogP) is 3.16. The van der Waals surface area contributed by atoms with Crippen molar-refractivity contribution >= 4 is 22.7 Å². The second-order valence-electron chi connectivity index (χ2n) is 9.92. The molecule has 0 spiro atoms. The third-order valence-electron chi connectivity index (χ3n) is 7.54. The third kappa shape index (κ3) is 4.54. The predicted molar refractivity (Wildman–Crippen MR) is 133 cm³/mol. The first-order valence-corrected chi connectivity index (χ1v) is 12.4. The van der Waals surface area contributed by atoms with E-state index in [1.807, 2.05) is 61.5 Å². The molecule has 36 heavy (non-hydrogen) atoms. The number of benzene rings is 2. The molecule has 1 aliphatic heterocycles. The van der Waals surface area contributed by atoms with Gasteiger partial charge in [0.2, 0.25) is 11.8 Å². The monoisotopic (exact) mass is 489 g/mol. The summed E-state index contributed by atoms with van der Waals surface area (Å²) in [7, 11) is 0. The summed E-state index contributed by atoms with van der Waals surface area (Å²) in [5.41, 5.74) is 4.66. The minimum Gasteiger partial charge on any atom is -0.489 e. The van der Waals surface area contributed by atoms with Gasteiger partial charge < -0.3 is 14.7 Å². The molecule has 3 unspecified atom stereocenters. The Labute approximate surface area is 209 Å². The topological polar surface area (TPSA) is 112 Å². The van der Waals surface area contributed by atoms with Crippen LogP contribution < -0.4 is 10.2 Å². The van der Waals surface area contributed by atoms with Crippen molar-refractivity contribution in [3.63, 3.8) is 0 Å². The highest BCUT2D eigenvalue weighted by Crippen LogP contribution is 2.56. The van der Waals surface area contributed by atoms with Crippen molar-refractivity contribution < 1.29 is 24.6 Å². The lowest BCUT2D eigenvalue weighted by molar-refractivity contribution is -0.142. The van der Waals surface area contributed by atoms with Crippen LogP contribution in [-0.2, 0) is 22.6 Å². The van der Waals surface area contributed by atoms with Gasteiger partial charge in [0.1, 0.15) is 12.4 Å². The van der Waals surface area contributed by atoms with E-state index in [0.717, 1.165) is 40.6 Å². The highest BCUT2D eigenvalue weighted by molar-refractivity contribution is 5.96. The van der Waals surface area contributed by atoms with Crippen LogP contribution in [0.25, 0.3) is 10.9 Å². The molecule has 1 aliphatic carbocycles. The Bertz CT molecular complexity index is 1280. The zero-order valence-corrected chi connectivity index (χ0v) is 20.3. The number of ether oxygens (including phenoxy) is 1. The molecule has 1 saturated heterocycles. The first kappa shape index (κ1) is 24.2. The van der Waals surface area contributed by atoms with Crippen LogP contribution in [0.1, 0.15) is 36.1 Å². The largest absolute Gasteiger partial charge is 0.489 e. The van der Waals surface area contributed by atoms with E-state index in [2.05, 4.69) is 4.98 Å². The van der Waals surface area contributed by atoms with Crippen LogP contribution in [0.3, 0.4) is 0 Å². The van der Waals surface area contributed by atoms with Gasteiger partial charge in [0.15, 0.2) is 0 Å². The van der Waals surface area contributed by atoms with Crippen LogP contribution in [-0.4, -0.2) is 51.2 Å². The molecule has 3 N–H and O–H groups in total. The molecule has 3 atom stereocenters. The number of aryl methyl sites for hydroxylation is 1. The average molecular weight is 490 g/mol. The van der Waals surface area contributed by atoms with Crippen molar-refractivity contribution in [3.05, 3.63) is 71.4 Å². The smallest absolute Gasteiger partial charge is 0.247 e. The summed E-state index contributed by atoms with van der Waals surface area (Å²) in [6, 6.07) is 17.4. The summed E-state index contributed by atoms with van der Waals surface area (Å²) < 4.78 is 6.06. The number of hydroxylamine groups is 1. The fraction of sp³-hybridized carbons (Fsp3) is 0.393. The van der Waals surface area contributed by atoms with Crippen molar-refractivity contribution in [3.8, 4) is 5.75 Å². The lowest BCUT2D eigenvalue weighted by Gasteiger charge is -2.28. The third-order valence-corrected chi connectivity index (χ3v) is 7.54. The Morgan fingerprint density at radius 3 is 2.72 bits per heavy atom. The number of pyridine rings is 1. The standard InChI is InChI=1S/C28H31N3O5/c1-18-13-20(23-6-2-3-7-25(23)29-18)17-36-22-10-8-19(9-11-22)14-28(15-24(28)26(33)30-35)27(34)31-12-4-5-21(31)16-32/h2-3,6-11,13,21,24,32,35H,4-5,12,14-17H2,1H3,(H,30,33). The maximum atomic E-state index is 13.5. The van der Waals surface area contributed by atoms with Gasteiger partial charge in [0.25, 0.3) is 0 Å². The maximum Gasteiger partial charge on any atom is 0.247 e. The summed E-state index contributed by atoms with van der Waals surface area (Å²) in [5, 5.41) is 19.9. The number of aliphatic hydroxyl groups is 1. The Balaban J connectivity index is 1.30. The molecule has 188 valence electrons. The molecule has 2 amide bonds. The van der Waals surface area contributed by atoms with Gasteiger partial charge in [0, 0.05) is 23.2 Å². The summed E-state index contributed by atoms with van der Waals surface area (Å²) in [6.07, 6.45) is 2.35. The van der Waals surface area contributed by atoms with E-state index < -0.39 is 17.2 Å². The van der Waals surface area contributed by atoms with Crippen molar-refractivity contribution in [1.82, 2.24) is 15.4 Å². The molecule has 2 fully saturated rings.